The number of carbonyl (C=O) groups is 1. The van der Waals surface area contributed by atoms with Gasteiger partial charge in [-0.05, 0) is 102 Å². The van der Waals surface area contributed by atoms with Crippen molar-refractivity contribution in [1.82, 2.24) is 10.2 Å². The number of likely N-dealkylation sites (tertiary alicyclic amines) is 1. The van der Waals surface area contributed by atoms with E-state index < -0.39 is 11.6 Å². The van der Waals surface area contributed by atoms with E-state index in [1.807, 2.05) is 26.8 Å². The highest BCUT2D eigenvalue weighted by Gasteiger charge is 2.66. The van der Waals surface area contributed by atoms with Gasteiger partial charge in [-0.3, -0.25) is 15.0 Å². The zero-order valence-electron chi connectivity index (χ0n) is 23.8. The van der Waals surface area contributed by atoms with Gasteiger partial charge in [0.05, 0.1) is 6.61 Å². The SMILES string of the molecule is CC(C)CC(NC1CC[C@H]2[C@H]3Cc4cc(CO)c(O)c5c4[C@@]2(CCN3CC2CC2)C1O5)C(=O)OC(C)(C)C. The van der Waals surface area contributed by atoms with Crippen LogP contribution in [0.1, 0.15) is 89.8 Å². The molecule has 0 amide bonds. The average molecular weight is 527 g/mol. The molecule has 6 atom stereocenters. The summed E-state index contributed by atoms with van der Waals surface area (Å²) in [4.78, 5) is 16.1. The Morgan fingerprint density at radius 2 is 2.03 bits per heavy atom. The fraction of sp³-hybridized carbons (Fsp3) is 0.774. The Kier molecular flexibility index (Phi) is 6.51. The number of ether oxygens (including phenoxy) is 2. The lowest BCUT2D eigenvalue weighted by Crippen LogP contribution is -2.69. The van der Waals surface area contributed by atoms with Crippen molar-refractivity contribution in [2.45, 2.75) is 121 Å². The maximum atomic E-state index is 13.3. The standard InChI is InChI=1S/C31H46N2O5/c1-17(2)12-23(29(36)38-30(3,4)5)32-22-9-8-21-24-14-19-13-20(16-34)26(35)27-25(19)31(21,28(22)37-27)10-11-33(24)15-18-6-7-18/h13,17-18,21-24,28,32,34-35H,6-12,14-16H2,1-5H3/t21-,22?,23?,24+,28?,31-/m0/s1. The van der Waals surface area contributed by atoms with Crippen molar-refractivity contribution in [1.29, 1.82) is 0 Å². The van der Waals surface area contributed by atoms with E-state index in [0.29, 0.717) is 35.6 Å². The van der Waals surface area contributed by atoms with E-state index in [4.69, 9.17) is 9.47 Å². The third kappa shape index (κ3) is 4.33. The number of rotatable bonds is 8. The fourth-order valence-electron chi connectivity index (χ4n) is 8.25. The predicted molar refractivity (Wildman–Crippen MR) is 145 cm³/mol. The van der Waals surface area contributed by atoms with E-state index >= 15 is 0 Å². The minimum atomic E-state index is -0.545. The monoisotopic (exact) mass is 526 g/mol. The van der Waals surface area contributed by atoms with Crippen LogP contribution in [0.2, 0.25) is 0 Å². The minimum absolute atomic E-state index is 0.0199. The molecule has 1 aromatic rings. The molecule has 3 unspecified atom stereocenters. The van der Waals surface area contributed by atoms with Crippen molar-refractivity contribution in [2.75, 3.05) is 13.1 Å². The zero-order valence-corrected chi connectivity index (χ0v) is 23.8. The Morgan fingerprint density at radius 3 is 2.68 bits per heavy atom. The smallest absolute Gasteiger partial charge is 0.323 e. The lowest BCUT2D eigenvalue weighted by Gasteiger charge is -2.60. The van der Waals surface area contributed by atoms with Gasteiger partial charge in [-0.1, -0.05) is 13.8 Å². The molecule has 3 fully saturated rings. The quantitative estimate of drug-likeness (QED) is 0.440. The largest absolute Gasteiger partial charge is 0.504 e. The number of aliphatic hydroxyl groups excluding tert-OH is 1. The number of hydrogen-bond acceptors (Lipinski definition) is 7. The summed E-state index contributed by atoms with van der Waals surface area (Å²) in [6.07, 6.45) is 7.21. The fourth-order valence-corrected chi connectivity index (χ4v) is 8.25. The first-order valence-electron chi connectivity index (χ1n) is 14.9. The summed E-state index contributed by atoms with van der Waals surface area (Å²) in [7, 11) is 0. The van der Waals surface area contributed by atoms with E-state index in [0.717, 1.165) is 38.1 Å². The predicted octanol–water partition coefficient (Wildman–Crippen LogP) is 4.05. The summed E-state index contributed by atoms with van der Waals surface area (Å²) in [6, 6.07) is 2.07. The Hall–Kier alpha value is -1.83. The van der Waals surface area contributed by atoms with Gasteiger partial charge in [0.2, 0.25) is 0 Å². The Bertz CT molecular complexity index is 1090. The first kappa shape index (κ1) is 26.4. The molecule has 6 rings (SSSR count). The van der Waals surface area contributed by atoms with Gasteiger partial charge in [0.1, 0.15) is 17.7 Å². The molecule has 1 saturated heterocycles. The van der Waals surface area contributed by atoms with Crippen LogP contribution < -0.4 is 10.1 Å². The maximum Gasteiger partial charge on any atom is 0.323 e. The molecule has 210 valence electrons. The molecule has 2 heterocycles. The van der Waals surface area contributed by atoms with Crippen LogP contribution in [-0.2, 0) is 28.0 Å². The number of aliphatic hydroxyl groups is 1. The number of benzene rings is 1. The number of piperidine rings is 1. The highest BCUT2D eigenvalue weighted by Crippen LogP contribution is 2.64. The van der Waals surface area contributed by atoms with Crippen LogP contribution in [-0.4, -0.2) is 64.0 Å². The molecule has 1 aromatic carbocycles. The van der Waals surface area contributed by atoms with Gasteiger partial charge >= 0.3 is 5.97 Å². The van der Waals surface area contributed by atoms with Gasteiger partial charge in [-0.2, -0.15) is 0 Å². The Balaban J connectivity index is 1.36. The molecule has 3 N–H and O–H groups in total. The molecule has 38 heavy (non-hydrogen) atoms. The summed E-state index contributed by atoms with van der Waals surface area (Å²) in [5, 5.41) is 25.0. The highest BCUT2D eigenvalue weighted by molar-refractivity contribution is 5.76. The normalized spacial score (nSPS) is 32.6. The van der Waals surface area contributed by atoms with Crippen molar-refractivity contribution in [3.05, 3.63) is 22.8 Å². The third-order valence-electron chi connectivity index (χ3n) is 9.80. The molecular formula is C31H46N2O5. The summed E-state index contributed by atoms with van der Waals surface area (Å²) in [5.41, 5.74) is 2.25. The zero-order chi connectivity index (χ0) is 27.0. The van der Waals surface area contributed by atoms with Crippen molar-refractivity contribution < 1.29 is 24.5 Å². The third-order valence-corrected chi connectivity index (χ3v) is 9.80. The van der Waals surface area contributed by atoms with E-state index in [-0.39, 0.29) is 35.9 Å². The van der Waals surface area contributed by atoms with Crippen LogP contribution in [0.15, 0.2) is 6.07 Å². The number of carbonyl (C=O) groups excluding carboxylic acids is 1. The van der Waals surface area contributed by atoms with E-state index in [1.54, 1.807) is 0 Å². The van der Waals surface area contributed by atoms with Crippen LogP contribution in [0.4, 0.5) is 0 Å². The van der Waals surface area contributed by atoms with Crippen molar-refractivity contribution in [3.63, 3.8) is 0 Å². The number of esters is 1. The summed E-state index contributed by atoms with van der Waals surface area (Å²) in [6.45, 7) is 12.1. The molecule has 7 nitrogen and oxygen atoms in total. The molecule has 2 aliphatic heterocycles. The molecule has 3 aliphatic carbocycles. The minimum Gasteiger partial charge on any atom is -0.504 e. The lowest BCUT2D eigenvalue weighted by atomic mass is 9.51. The first-order valence-corrected chi connectivity index (χ1v) is 14.9. The molecule has 5 aliphatic rings. The lowest BCUT2D eigenvalue weighted by molar-refractivity contribution is -0.159. The van der Waals surface area contributed by atoms with Crippen LogP contribution >= 0.6 is 0 Å². The van der Waals surface area contributed by atoms with Crippen LogP contribution in [0.3, 0.4) is 0 Å². The van der Waals surface area contributed by atoms with Gasteiger partial charge in [-0.25, -0.2) is 0 Å². The van der Waals surface area contributed by atoms with Crippen molar-refractivity contribution in [3.8, 4) is 11.5 Å². The van der Waals surface area contributed by atoms with Crippen LogP contribution in [0.25, 0.3) is 0 Å². The van der Waals surface area contributed by atoms with Crippen molar-refractivity contribution in [2.24, 2.45) is 17.8 Å². The second-order valence-corrected chi connectivity index (χ2v) is 14.1. The van der Waals surface area contributed by atoms with E-state index in [2.05, 4.69) is 24.1 Å². The van der Waals surface area contributed by atoms with Gasteiger partial charge < -0.3 is 19.7 Å². The highest BCUT2D eigenvalue weighted by atomic mass is 16.6. The molecule has 7 heteroatoms. The molecule has 2 bridgehead atoms. The van der Waals surface area contributed by atoms with Gasteiger partial charge in [-0.15, -0.1) is 0 Å². The molecule has 2 saturated carbocycles. The first-order chi connectivity index (χ1) is 18.0. The Labute approximate surface area is 227 Å². The van der Waals surface area contributed by atoms with Crippen LogP contribution in [0, 0.1) is 17.8 Å². The number of hydrogen-bond donors (Lipinski definition) is 3. The number of nitrogens with one attached hydrogen (secondary N) is 1. The number of nitrogens with zero attached hydrogens (tertiary/aromatic N) is 1. The molecule has 1 spiro atoms. The van der Waals surface area contributed by atoms with Gasteiger partial charge in [0, 0.05) is 35.2 Å². The number of aromatic hydroxyl groups is 1. The second kappa shape index (κ2) is 9.38. The maximum absolute atomic E-state index is 13.3. The topological polar surface area (TPSA) is 91.3 Å². The van der Waals surface area contributed by atoms with E-state index in [9.17, 15) is 15.0 Å². The summed E-state index contributed by atoms with van der Waals surface area (Å²) >= 11 is 0. The molecule has 0 radical (unpaired) electrons. The van der Waals surface area contributed by atoms with Crippen molar-refractivity contribution >= 4 is 5.97 Å². The molecular weight excluding hydrogens is 480 g/mol. The summed E-state index contributed by atoms with van der Waals surface area (Å²) < 4.78 is 12.6. The summed E-state index contributed by atoms with van der Waals surface area (Å²) in [5.74, 6) is 2.13. The Morgan fingerprint density at radius 1 is 1.26 bits per heavy atom. The second-order valence-electron chi connectivity index (χ2n) is 14.1. The van der Waals surface area contributed by atoms with Gasteiger partial charge in [0.15, 0.2) is 11.5 Å². The van der Waals surface area contributed by atoms with Crippen LogP contribution in [0.5, 0.6) is 11.5 Å². The van der Waals surface area contributed by atoms with Gasteiger partial charge in [0.25, 0.3) is 0 Å². The average Bonchev–Trinajstić information content (AvgIpc) is 3.58. The molecule has 0 aromatic heterocycles. The number of phenols is 1. The van der Waals surface area contributed by atoms with E-state index in [1.165, 1.54) is 30.5 Å².